The zero-order chi connectivity index (χ0) is 18.4. The number of aliphatic imine (C=N–C) groups is 1. The molecule has 1 fully saturated rings. The fraction of sp³-hybridized carbons (Fsp3) is 0.800. The summed E-state index contributed by atoms with van der Waals surface area (Å²) >= 11 is 0. The highest BCUT2D eigenvalue weighted by atomic mass is 127. The molecule has 0 saturated carbocycles. The maximum atomic E-state index is 12.6. The molecule has 0 amide bonds. The average Bonchev–Trinajstić information content (AvgIpc) is 3.16. The third-order valence-electron chi connectivity index (χ3n) is 4.37. The summed E-state index contributed by atoms with van der Waals surface area (Å²) in [5, 5.41) is 7.26. The average molecular weight is 489 g/mol. The Morgan fingerprint density at radius 1 is 1.46 bits per heavy atom. The summed E-state index contributed by atoms with van der Waals surface area (Å²) in [5.41, 5.74) is 0. The summed E-state index contributed by atoms with van der Waals surface area (Å²) in [5.74, 6) is 1.74. The topological polar surface area (TPSA) is 61.6 Å². The first-order valence-electron chi connectivity index (χ1n) is 8.40. The van der Waals surface area contributed by atoms with Gasteiger partial charge in [-0.2, -0.15) is 18.3 Å². The van der Waals surface area contributed by atoms with Crippen molar-refractivity contribution in [2.24, 2.45) is 18.0 Å². The Bertz CT molecular complexity index is 576. The van der Waals surface area contributed by atoms with Gasteiger partial charge in [-0.15, -0.1) is 24.0 Å². The number of alkyl halides is 3. The Morgan fingerprint density at radius 2 is 2.19 bits per heavy atom. The molecule has 1 unspecified atom stereocenters. The minimum atomic E-state index is -4.15. The molecule has 1 aromatic rings. The third-order valence-corrected chi connectivity index (χ3v) is 4.37. The molecule has 1 N–H and O–H groups in total. The van der Waals surface area contributed by atoms with Gasteiger partial charge < -0.3 is 10.2 Å². The quantitative estimate of drug-likeness (QED) is 0.375. The summed E-state index contributed by atoms with van der Waals surface area (Å²) in [6.45, 7) is 3.75. The number of nitrogens with zero attached hydrogens (tertiary/aromatic N) is 6. The van der Waals surface area contributed by atoms with E-state index in [9.17, 15) is 13.2 Å². The van der Waals surface area contributed by atoms with Crippen molar-refractivity contribution in [2.75, 3.05) is 39.8 Å². The summed E-state index contributed by atoms with van der Waals surface area (Å²) < 4.78 is 39.5. The van der Waals surface area contributed by atoms with Gasteiger partial charge in [-0.25, -0.2) is 4.98 Å². The zero-order valence-electron chi connectivity index (χ0n) is 15.3. The van der Waals surface area contributed by atoms with Crippen LogP contribution in [0, 0.1) is 5.92 Å². The van der Waals surface area contributed by atoms with Crippen LogP contribution in [0.2, 0.25) is 0 Å². The highest BCUT2D eigenvalue weighted by Crippen LogP contribution is 2.21. The second-order valence-electron chi connectivity index (χ2n) is 6.24. The van der Waals surface area contributed by atoms with Crippen LogP contribution in [0.5, 0.6) is 0 Å². The third kappa shape index (κ3) is 6.89. The van der Waals surface area contributed by atoms with Crippen LogP contribution in [0.1, 0.15) is 19.2 Å². The normalized spacial score (nSPS) is 18.3. The van der Waals surface area contributed by atoms with Crippen LogP contribution in [0.15, 0.2) is 11.3 Å². The van der Waals surface area contributed by atoms with E-state index in [1.54, 1.807) is 18.7 Å². The lowest BCUT2D eigenvalue weighted by molar-refractivity contribution is -0.146. The van der Waals surface area contributed by atoms with Gasteiger partial charge in [-0.3, -0.25) is 14.6 Å². The first-order valence-corrected chi connectivity index (χ1v) is 8.40. The number of halogens is 4. The molecule has 2 rings (SSSR count). The van der Waals surface area contributed by atoms with Crippen molar-refractivity contribution in [2.45, 2.75) is 26.1 Å². The molecule has 2 heterocycles. The van der Waals surface area contributed by atoms with Crippen molar-refractivity contribution >= 4 is 29.9 Å². The molecule has 0 aromatic carbocycles. The molecule has 1 saturated heterocycles. The summed E-state index contributed by atoms with van der Waals surface area (Å²) in [7, 11) is 3.52. The number of aryl methyl sites for hydroxylation is 1. The van der Waals surface area contributed by atoms with Crippen LogP contribution in [-0.2, 0) is 13.6 Å². The van der Waals surface area contributed by atoms with Crippen molar-refractivity contribution < 1.29 is 13.2 Å². The van der Waals surface area contributed by atoms with Crippen molar-refractivity contribution in [3.05, 3.63) is 12.2 Å². The highest BCUT2D eigenvalue weighted by molar-refractivity contribution is 14.0. The summed E-state index contributed by atoms with van der Waals surface area (Å²) in [4.78, 5) is 12.0. The molecule has 1 atom stereocenters. The van der Waals surface area contributed by atoms with Crippen LogP contribution in [0.25, 0.3) is 0 Å². The minimum absolute atomic E-state index is 0. The predicted molar refractivity (Wildman–Crippen MR) is 104 cm³/mol. The zero-order valence-corrected chi connectivity index (χ0v) is 17.7. The lowest BCUT2D eigenvalue weighted by atomic mass is 10.1. The molecule has 0 aliphatic carbocycles. The molecular formula is C15H27F3IN7. The van der Waals surface area contributed by atoms with E-state index in [2.05, 4.69) is 25.3 Å². The molecule has 0 bridgehead atoms. The standard InChI is InChI=1S/C15H26F3N7.HI/c1-4-24(10-15(16,17)18)8-12-5-6-25(9-12)14(19-2)20-7-13-21-11-22-23(13)3;/h11-12H,4-10H2,1-3H3,(H,19,20);1H. The number of aromatic nitrogens is 3. The Balaban J connectivity index is 0.00000338. The van der Waals surface area contributed by atoms with Crippen LogP contribution >= 0.6 is 24.0 Å². The van der Waals surface area contributed by atoms with E-state index >= 15 is 0 Å². The fourth-order valence-corrected chi connectivity index (χ4v) is 3.07. The summed E-state index contributed by atoms with van der Waals surface area (Å²) in [6.07, 6.45) is -1.80. The van der Waals surface area contributed by atoms with Crippen LogP contribution in [0.4, 0.5) is 13.2 Å². The van der Waals surface area contributed by atoms with Crippen molar-refractivity contribution in [3.8, 4) is 0 Å². The molecule has 0 radical (unpaired) electrons. The van der Waals surface area contributed by atoms with Crippen LogP contribution in [-0.4, -0.2) is 76.5 Å². The van der Waals surface area contributed by atoms with Crippen molar-refractivity contribution in [1.29, 1.82) is 0 Å². The number of guanidine groups is 1. The number of nitrogens with one attached hydrogen (secondary N) is 1. The van der Waals surface area contributed by atoms with Gasteiger partial charge in [-0.05, 0) is 18.9 Å². The van der Waals surface area contributed by atoms with E-state index in [1.165, 1.54) is 11.2 Å². The molecule has 1 aromatic heterocycles. The minimum Gasteiger partial charge on any atom is -0.349 e. The first-order chi connectivity index (χ1) is 11.8. The van der Waals surface area contributed by atoms with Crippen LogP contribution in [0.3, 0.4) is 0 Å². The number of hydrogen-bond donors (Lipinski definition) is 1. The molecule has 11 heteroatoms. The predicted octanol–water partition coefficient (Wildman–Crippen LogP) is 1.71. The number of hydrogen-bond acceptors (Lipinski definition) is 4. The maximum absolute atomic E-state index is 12.6. The van der Waals surface area contributed by atoms with E-state index in [0.717, 1.165) is 24.7 Å². The van der Waals surface area contributed by atoms with Crippen LogP contribution < -0.4 is 5.32 Å². The van der Waals surface area contributed by atoms with Gasteiger partial charge in [0.2, 0.25) is 0 Å². The van der Waals surface area contributed by atoms with Gasteiger partial charge in [0.15, 0.2) is 5.96 Å². The Labute approximate surface area is 169 Å². The van der Waals surface area contributed by atoms with E-state index in [1.807, 2.05) is 7.05 Å². The van der Waals surface area contributed by atoms with Gasteiger partial charge in [0.1, 0.15) is 12.2 Å². The van der Waals surface area contributed by atoms with Gasteiger partial charge in [-0.1, -0.05) is 6.92 Å². The van der Waals surface area contributed by atoms with E-state index in [0.29, 0.717) is 26.2 Å². The molecular weight excluding hydrogens is 462 g/mol. The molecule has 1 aliphatic heterocycles. The van der Waals surface area contributed by atoms with Gasteiger partial charge in [0, 0.05) is 33.7 Å². The summed E-state index contributed by atoms with van der Waals surface area (Å²) in [6, 6.07) is 0. The van der Waals surface area contributed by atoms with Gasteiger partial charge in [0.25, 0.3) is 0 Å². The number of rotatable bonds is 6. The Hall–Kier alpha value is -1.11. The smallest absolute Gasteiger partial charge is 0.349 e. The molecule has 150 valence electrons. The van der Waals surface area contributed by atoms with E-state index < -0.39 is 12.7 Å². The SMILES string of the molecule is CCN(CC1CCN(C(=NC)NCc2ncnn2C)C1)CC(F)(F)F.I. The molecule has 26 heavy (non-hydrogen) atoms. The maximum Gasteiger partial charge on any atom is 0.401 e. The van der Waals surface area contributed by atoms with Crippen molar-refractivity contribution in [1.82, 2.24) is 29.9 Å². The number of likely N-dealkylation sites (tertiary alicyclic amines) is 1. The second kappa shape index (κ2) is 10.3. The van der Waals surface area contributed by atoms with E-state index in [4.69, 9.17) is 0 Å². The molecule has 0 spiro atoms. The van der Waals surface area contributed by atoms with E-state index in [-0.39, 0.29) is 29.9 Å². The first kappa shape index (κ1) is 22.9. The molecule has 1 aliphatic rings. The monoisotopic (exact) mass is 489 g/mol. The highest BCUT2D eigenvalue weighted by Gasteiger charge is 2.33. The van der Waals surface area contributed by atoms with Gasteiger partial charge in [0.05, 0.1) is 13.1 Å². The van der Waals surface area contributed by atoms with Gasteiger partial charge >= 0.3 is 6.18 Å². The lowest BCUT2D eigenvalue weighted by Crippen LogP contribution is -2.41. The Morgan fingerprint density at radius 3 is 2.73 bits per heavy atom. The van der Waals surface area contributed by atoms with Crippen molar-refractivity contribution in [3.63, 3.8) is 0 Å². The Kier molecular flexibility index (Phi) is 9.07. The fourth-order valence-electron chi connectivity index (χ4n) is 3.07. The molecule has 7 nitrogen and oxygen atoms in total. The second-order valence-corrected chi connectivity index (χ2v) is 6.24. The largest absolute Gasteiger partial charge is 0.401 e. The lowest BCUT2D eigenvalue weighted by Gasteiger charge is -2.26.